The van der Waals surface area contributed by atoms with E-state index in [1.165, 1.54) is 0 Å². The average molecular weight is 254 g/mol. The van der Waals surface area contributed by atoms with Crippen LogP contribution in [0.1, 0.15) is 23.7 Å². The first-order chi connectivity index (χ1) is 8.49. The van der Waals surface area contributed by atoms with Crippen LogP contribution in [0, 0.1) is 11.7 Å². The number of aromatic carboxylic acids is 1. The maximum absolute atomic E-state index is 13.0. The number of hydrogen-bond donors (Lipinski definition) is 2. The lowest BCUT2D eigenvalue weighted by molar-refractivity contribution is 0.0696. The van der Waals surface area contributed by atoms with E-state index in [1.807, 2.05) is 0 Å². The van der Waals surface area contributed by atoms with Gasteiger partial charge in [-0.3, -0.25) is 0 Å². The Balaban J connectivity index is 2.27. The fraction of sp³-hybridized carbons (Fsp3) is 0.500. The Morgan fingerprint density at radius 2 is 2.39 bits per heavy atom. The molecule has 1 aliphatic heterocycles. The molecule has 98 valence electrons. The number of pyridine rings is 1. The normalized spacial score (nSPS) is 21.1. The van der Waals surface area contributed by atoms with Crippen LogP contribution < -0.4 is 4.90 Å². The number of halogens is 1. The van der Waals surface area contributed by atoms with Gasteiger partial charge in [0.1, 0.15) is 17.2 Å². The van der Waals surface area contributed by atoms with Gasteiger partial charge >= 0.3 is 5.97 Å². The SMILES string of the molecule is CC(O)C1CCN(c2ncc(F)cc2C(=O)O)C1. The number of hydrogen-bond acceptors (Lipinski definition) is 4. The maximum Gasteiger partial charge on any atom is 0.339 e. The van der Waals surface area contributed by atoms with Gasteiger partial charge in [-0.2, -0.15) is 0 Å². The number of anilines is 1. The van der Waals surface area contributed by atoms with Gasteiger partial charge in [0, 0.05) is 19.0 Å². The highest BCUT2D eigenvalue weighted by Gasteiger charge is 2.29. The second kappa shape index (κ2) is 4.89. The van der Waals surface area contributed by atoms with Crippen LogP contribution in [0.2, 0.25) is 0 Å². The highest BCUT2D eigenvalue weighted by molar-refractivity contribution is 5.93. The molecule has 1 aromatic heterocycles. The molecule has 1 saturated heterocycles. The van der Waals surface area contributed by atoms with E-state index < -0.39 is 17.9 Å². The van der Waals surface area contributed by atoms with Crippen LogP contribution >= 0.6 is 0 Å². The van der Waals surface area contributed by atoms with Crippen molar-refractivity contribution >= 4 is 11.8 Å². The van der Waals surface area contributed by atoms with Crippen LogP contribution in [-0.4, -0.2) is 40.4 Å². The van der Waals surface area contributed by atoms with Crippen molar-refractivity contribution in [1.82, 2.24) is 4.98 Å². The van der Waals surface area contributed by atoms with E-state index in [9.17, 15) is 14.3 Å². The van der Waals surface area contributed by atoms with Crippen LogP contribution in [0.25, 0.3) is 0 Å². The topological polar surface area (TPSA) is 73.7 Å². The van der Waals surface area contributed by atoms with E-state index in [1.54, 1.807) is 11.8 Å². The number of carbonyl (C=O) groups is 1. The van der Waals surface area contributed by atoms with Crippen LogP contribution in [-0.2, 0) is 0 Å². The summed E-state index contributed by atoms with van der Waals surface area (Å²) in [6, 6.07) is 0.973. The molecule has 1 aromatic rings. The highest BCUT2D eigenvalue weighted by Crippen LogP contribution is 2.27. The van der Waals surface area contributed by atoms with Gasteiger partial charge in [-0.15, -0.1) is 0 Å². The average Bonchev–Trinajstić information content (AvgIpc) is 2.78. The summed E-state index contributed by atoms with van der Waals surface area (Å²) < 4.78 is 13.0. The van der Waals surface area contributed by atoms with Gasteiger partial charge in [0.25, 0.3) is 0 Å². The van der Waals surface area contributed by atoms with E-state index in [2.05, 4.69) is 4.98 Å². The minimum atomic E-state index is -1.20. The first kappa shape index (κ1) is 12.8. The van der Waals surface area contributed by atoms with Crippen molar-refractivity contribution in [2.45, 2.75) is 19.4 Å². The van der Waals surface area contributed by atoms with Gasteiger partial charge in [0.2, 0.25) is 0 Å². The molecule has 0 aliphatic carbocycles. The smallest absolute Gasteiger partial charge is 0.339 e. The number of aromatic nitrogens is 1. The van der Waals surface area contributed by atoms with Crippen LogP contribution in [0.3, 0.4) is 0 Å². The van der Waals surface area contributed by atoms with Gasteiger partial charge < -0.3 is 15.1 Å². The molecule has 0 radical (unpaired) electrons. The van der Waals surface area contributed by atoms with E-state index >= 15 is 0 Å². The second-order valence-electron chi connectivity index (χ2n) is 4.57. The summed E-state index contributed by atoms with van der Waals surface area (Å²) in [5, 5.41) is 18.6. The molecule has 2 heterocycles. The van der Waals surface area contributed by atoms with Crippen LogP contribution in [0.5, 0.6) is 0 Å². The fourth-order valence-electron chi connectivity index (χ4n) is 2.21. The molecule has 0 aromatic carbocycles. The van der Waals surface area contributed by atoms with Crippen molar-refractivity contribution in [2.75, 3.05) is 18.0 Å². The number of rotatable bonds is 3. The molecule has 0 saturated carbocycles. The molecule has 2 atom stereocenters. The Labute approximate surface area is 104 Å². The molecule has 1 aliphatic rings. The molecule has 1 fully saturated rings. The predicted octanol–water partition coefficient (Wildman–Crippen LogP) is 1.13. The summed E-state index contributed by atoms with van der Waals surface area (Å²) in [5.41, 5.74) is -0.138. The van der Waals surface area contributed by atoms with Gasteiger partial charge in [-0.25, -0.2) is 14.2 Å². The van der Waals surface area contributed by atoms with Gasteiger partial charge in [0.15, 0.2) is 0 Å². The molecular formula is C12H15FN2O3. The van der Waals surface area contributed by atoms with E-state index in [0.29, 0.717) is 13.1 Å². The quantitative estimate of drug-likeness (QED) is 0.845. The lowest BCUT2D eigenvalue weighted by Crippen LogP contribution is -2.26. The van der Waals surface area contributed by atoms with E-state index in [-0.39, 0.29) is 17.3 Å². The van der Waals surface area contributed by atoms with E-state index in [4.69, 9.17) is 5.11 Å². The summed E-state index contributed by atoms with van der Waals surface area (Å²) in [6.07, 6.45) is 1.34. The summed E-state index contributed by atoms with van der Waals surface area (Å²) in [7, 11) is 0. The number of carboxylic acids is 1. The second-order valence-corrected chi connectivity index (χ2v) is 4.57. The third-order valence-electron chi connectivity index (χ3n) is 3.27. The monoisotopic (exact) mass is 254 g/mol. The van der Waals surface area contributed by atoms with Crippen LogP contribution in [0.4, 0.5) is 10.2 Å². The van der Waals surface area contributed by atoms with E-state index in [0.717, 1.165) is 18.7 Å². The van der Waals surface area contributed by atoms with Gasteiger partial charge in [-0.05, 0) is 19.4 Å². The Morgan fingerprint density at radius 1 is 1.67 bits per heavy atom. The number of carboxylic acid groups (broad SMARTS) is 1. The molecule has 2 rings (SSSR count). The summed E-state index contributed by atoms with van der Waals surface area (Å²) in [4.78, 5) is 16.7. The van der Waals surface area contributed by atoms with Gasteiger partial charge in [0.05, 0.1) is 12.3 Å². The Morgan fingerprint density at radius 3 is 2.94 bits per heavy atom. The number of aliphatic hydroxyl groups is 1. The summed E-state index contributed by atoms with van der Waals surface area (Å²) in [6.45, 7) is 2.87. The number of aliphatic hydroxyl groups excluding tert-OH is 1. The number of nitrogens with zero attached hydrogens (tertiary/aromatic N) is 2. The lowest BCUT2D eigenvalue weighted by Gasteiger charge is -2.20. The van der Waals surface area contributed by atoms with Crippen molar-refractivity contribution in [2.24, 2.45) is 5.92 Å². The standard InChI is InChI=1S/C12H15FN2O3/c1-7(16)8-2-3-15(6-8)11-10(12(17)18)4-9(13)5-14-11/h4-5,7-8,16H,2-3,6H2,1H3,(H,17,18). The summed E-state index contributed by atoms with van der Waals surface area (Å²) in [5.74, 6) is -1.49. The highest BCUT2D eigenvalue weighted by atomic mass is 19.1. The first-order valence-electron chi connectivity index (χ1n) is 5.81. The zero-order valence-electron chi connectivity index (χ0n) is 10.0. The Bertz CT molecular complexity index is 465. The summed E-state index contributed by atoms with van der Waals surface area (Å²) >= 11 is 0. The van der Waals surface area contributed by atoms with Crippen molar-refractivity contribution in [3.63, 3.8) is 0 Å². The zero-order valence-corrected chi connectivity index (χ0v) is 10.0. The zero-order chi connectivity index (χ0) is 13.3. The molecule has 0 spiro atoms. The molecule has 0 bridgehead atoms. The third-order valence-corrected chi connectivity index (χ3v) is 3.27. The maximum atomic E-state index is 13.0. The first-order valence-corrected chi connectivity index (χ1v) is 5.81. The Hall–Kier alpha value is -1.69. The predicted molar refractivity (Wildman–Crippen MR) is 63.2 cm³/mol. The molecule has 0 amide bonds. The minimum absolute atomic E-state index is 0.0958. The fourth-order valence-corrected chi connectivity index (χ4v) is 2.21. The van der Waals surface area contributed by atoms with Gasteiger partial charge in [-0.1, -0.05) is 0 Å². The molecule has 2 N–H and O–H groups in total. The van der Waals surface area contributed by atoms with Crippen molar-refractivity contribution < 1.29 is 19.4 Å². The minimum Gasteiger partial charge on any atom is -0.478 e. The molecule has 18 heavy (non-hydrogen) atoms. The molecule has 5 nitrogen and oxygen atoms in total. The Kier molecular flexibility index (Phi) is 3.47. The van der Waals surface area contributed by atoms with Crippen molar-refractivity contribution in [3.8, 4) is 0 Å². The third kappa shape index (κ3) is 2.43. The van der Waals surface area contributed by atoms with Crippen molar-refractivity contribution in [1.29, 1.82) is 0 Å². The molecule has 2 unspecified atom stereocenters. The molecule has 6 heteroatoms. The lowest BCUT2D eigenvalue weighted by atomic mass is 10.0. The van der Waals surface area contributed by atoms with Crippen LogP contribution in [0.15, 0.2) is 12.3 Å². The van der Waals surface area contributed by atoms with Crippen molar-refractivity contribution in [3.05, 3.63) is 23.6 Å². The largest absolute Gasteiger partial charge is 0.478 e. The molecular weight excluding hydrogens is 239 g/mol.